The molecule has 1 N–H and O–H groups in total. The number of nitrogens with zero attached hydrogens (tertiary/aromatic N) is 3. The van der Waals surface area contributed by atoms with Crippen molar-refractivity contribution in [2.24, 2.45) is 0 Å². The molecule has 158 valence electrons. The van der Waals surface area contributed by atoms with Gasteiger partial charge in [-0.1, -0.05) is 30.3 Å². The highest BCUT2D eigenvalue weighted by molar-refractivity contribution is 5.95. The van der Waals surface area contributed by atoms with Crippen molar-refractivity contribution in [2.45, 2.75) is 19.1 Å². The van der Waals surface area contributed by atoms with Gasteiger partial charge in [-0.25, -0.2) is 9.07 Å². The molecule has 2 aromatic carbocycles. The number of benzene rings is 2. The third-order valence-corrected chi connectivity index (χ3v) is 4.75. The van der Waals surface area contributed by atoms with Crippen LogP contribution in [0.5, 0.6) is 0 Å². The standard InChI is InChI=1S/C21H20F4N4O/c1-14(28(2)15-8-4-3-5-9-15)12-26-20(30)16-13-27-29(19(16)21(23,24)25)18-11-7-6-10-17(18)22/h3-11,13-14H,12H2,1-2H3,(H,26,30). The lowest BCUT2D eigenvalue weighted by molar-refractivity contribution is -0.143. The highest BCUT2D eigenvalue weighted by atomic mass is 19.4. The van der Waals surface area contributed by atoms with Crippen LogP contribution in [0, 0.1) is 5.82 Å². The van der Waals surface area contributed by atoms with Crippen LogP contribution >= 0.6 is 0 Å². The predicted octanol–water partition coefficient (Wildman–Crippen LogP) is 4.28. The zero-order valence-electron chi connectivity index (χ0n) is 16.3. The quantitative estimate of drug-likeness (QED) is 0.606. The third kappa shape index (κ3) is 4.45. The molecule has 30 heavy (non-hydrogen) atoms. The van der Waals surface area contributed by atoms with Crippen molar-refractivity contribution >= 4 is 11.6 Å². The largest absolute Gasteiger partial charge is 0.434 e. The Labute approximate surface area is 170 Å². The van der Waals surface area contributed by atoms with Crippen LogP contribution in [0.4, 0.5) is 23.2 Å². The Balaban J connectivity index is 1.82. The Kier molecular flexibility index (Phi) is 6.09. The van der Waals surface area contributed by atoms with Gasteiger partial charge in [0.1, 0.15) is 11.5 Å². The van der Waals surface area contributed by atoms with Gasteiger partial charge in [0.2, 0.25) is 0 Å². The second kappa shape index (κ2) is 8.56. The third-order valence-electron chi connectivity index (χ3n) is 4.75. The zero-order chi connectivity index (χ0) is 21.9. The van der Waals surface area contributed by atoms with Crippen LogP contribution in [0.25, 0.3) is 5.69 Å². The Hall–Kier alpha value is -3.36. The molecule has 0 aliphatic heterocycles. The van der Waals surface area contributed by atoms with Crippen LogP contribution in [0.1, 0.15) is 23.0 Å². The van der Waals surface area contributed by atoms with Gasteiger partial charge >= 0.3 is 6.18 Å². The normalized spacial score (nSPS) is 12.5. The van der Waals surface area contributed by atoms with Gasteiger partial charge in [-0.2, -0.15) is 18.3 Å². The number of hydrogen-bond acceptors (Lipinski definition) is 3. The zero-order valence-corrected chi connectivity index (χ0v) is 16.3. The second-order valence-electron chi connectivity index (χ2n) is 6.77. The molecule has 9 heteroatoms. The van der Waals surface area contributed by atoms with Gasteiger partial charge in [-0.3, -0.25) is 4.79 Å². The number of rotatable bonds is 6. The van der Waals surface area contributed by atoms with E-state index in [9.17, 15) is 22.4 Å². The molecule has 0 bridgehead atoms. The first-order chi connectivity index (χ1) is 14.2. The summed E-state index contributed by atoms with van der Waals surface area (Å²) in [7, 11) is 1.82. The molecule has 0 saturated carbocycles. The lowest BCUT2D eigenvalue weighted by Crippen LogP contribution is -2.40. The minimum atomic E-state index is -4.90. The Morgan fingerprint density at radius 2 is 1.77 bits per heavy atom. The van der Waals surface area contributed by atoms with Crippen molar-refractivity contribution < 1.29 is 22.4 Å². The van der Waals surface area contributed by atoms with Gasteiger partial charge in [0, 0.05) is 25.3 Å². The van der Waals surface area contributed by atoms with Gasteiger partial charge < -0.3 is 10.2 Å². The Bertz CT molecular complexity index is 1020. The van der Waals surface area contributed by atoms with Gasteiger partial charge in [-0.15, -0.1) is 0 Å². The maximum absolute atomic E-state index is 14.0. The molecule has 0 radical (unpaired) electrons. The summed E-state index contributed by atoms with van der Waals surface area (Å²) in [6, 6.07) is 14.1. The predicted molar refractivity (Wildman–Crippen MR) is 105 cm³/mol. The maximum atomic E-state index is 14.0. The number of carbonyl (C=O) groups excluding carboxylic acids is 1. The molecule has 0 fully saturated rings. The number of hydrogen-bond donors (Lipinski definition) is 1. The van der Waals surface area contributed by atoms with Crippen molar-refractivity contribution in [3.63, 3.8) is 0 Å². The molecule has 3 aromatic rings. The molecule has 1 aromatic heterocycles. The SMILES string of the molecule is CC(CNC(=O)c1cnn(-c2ccccc2F)c1C(F)(F)F)N(C)c1ccccc1. The number of anilines is 1. The number of alkyl halides is 3. The number of amides is 1. The van der Waals surface area contributed by atoms with E-state index in [1.165, 1.54) is 12.1 Å². The summed E-state index contributed by atoms with van der Waals surface area (Å²) >= 11 is 0. The van der Waals surface area contributed by atoms with E-state index in [2.05, 4.69) is 10.4 Å². The van der Waals surface area contributed by atoms with Crippen LogP contribution in [0.2, 0.25) is 0 Å². The van der Waals surface area contributed by atoms with Crippen LogP contribution in [0.3, 0.4) is 0 Å². The van der Waals surface area contributed by atoms with E-state index in [1.807, 2.05) is 49.2 Å². The molecular weight excluding hydrogens is 400 g/mol. The first-order valence-corrected chi connectivity index (χ1v) is 9.16. The molecule has 1 heterocycles. The molecule has 0 spiro atoms. The van der Waals surface area contributed by atoms with Crippen molar-refractivity contribution in [3.05, 3.63) is 77.9 Å². The van der Waals surface area contributed by atoms with Crippen LogP contribution in [0.15, 0.2) is 60.8 Å². The van der Waals surface area contributed by atoms with E-state index in [-0.39, 0.29) is 18.3 Å². The number of halogens is 4. The molecule has 1 atom stereocenters. The number of likely N-dealkylation sites (N-methyl/N-ethyl adjacent to an activating group) is 1. The van der Waals surface area contributed by atoms with Crippen molar-refractivity contribution in [1.82, 2.24) is 15.1 Å². The summed E-state index contributed by atoms with van der Waals surface area (Å²) in [5, 5.41) is 6.14. The topological polar surface area (TPSA) is 50.2 Å². The summed E-state index contributed by atoms with van der Waals surface area (Å²) in [6.07, 6.45) is -4.10. The van der Waals surface area contributed by atoms with Gasteiger partial charge in [-0.05, 0) is 31.2 Å². The molecular formula is C21H20F4N4O. The molecule has 0 saturated heterocycles. The van der Waals surface area contributed by atoms with E-state index in [0.717, 1.165) is 24.0 Å². The molecule has 1 amide bonds. The Morgan fingerprint density at radius 3 is 2.40 bits per heavy atom. The average Bonchev–Trinajstić information content (AvgIpc) is 3.18. The Morgan fingerprint density at radius 1 is 1.13 bits per heavy atom. The summed E-state index contributed by atoms with van der Waals surface area (Å²) in [6.45, 7) is 1.94. The van der Waals surface area contributed by atoms with Crippen molar-refractivity contribution in [1.29, 1.82) is 0 Å². The van der Waals surface area contributed by atoms with Crippen LogP contribution in [-0.4, -0.2) is 35.3 Å². The molecule has 0 aliphatic rings. The molecule has 5 nitrogen and oxygen atoms in total. The van der Waals surface area contributed by atoms with Gasteiger partial charge in [0.15, 0.2) is 5.69 Å². The first-order valence-electron chi connectivity index (χ1n) is 9.16. The fraction of sp³-hybridized carbons (Fsp3) is 0.238. The lowest BCUT2D eigenvalue weighted by Gasteiger charge is -2.27. The van der Waals surface area contributed by atoms with Gasteiger partial charge in [0.25, 0.3) is 5.91 Å². The number of nitrogens with one attached hydrogen (secondary N) is 1. The number of para-hydroxylation sites is 2. The van der Waals surface area contributed by atoms with E-state index in [4.69, 9.17) is 0 Å². The second-order valence-corrected chi connectivity index (χ2v) is 6.77. The lowest BCUT2D eigenvalue weighted by atomic mass is 10.2. The summed E-state index contributed by atoms with van der Waals surface area (Å²) in [5.41, 5.74) is -1.47. The number of aromatic nitrogens is 2. The van der Waals surface area contributed by atoms with Gasteiger partial charge in [0.05, 0.1) is 11.8 Å². The smallest absolute Gasteiger partial charge is 0.370 e. The maximum Gasteiger partial charge on any atom is 0.434 e. The monoisotopic (exact) mass is 420 g/mol. The minimum Gasteiger partial charge on any atom is -0.370 e. The van der Waals surface area contributed by atoms with Crippen LogP contribution < -0.4 is 10.2 Å². The fourth-order valence-corrected chi connectivity index (χ4v) is 2.98. The van der Waals surface area contributed by atoms with Crippen molar-refractivity contribution in [2.75, 3.05) is 18.5 Å². The van der Waals surface area contributed by atoms with E-state index in [1.54, 1.807) is 0 Å². The molecule has 1 unspecified atom stereocenters. The van der Waals surface area contributed by atoms with Crippen LogP contribution in [-0.2, 0) is 6.18 Å². The fourth-order valence-electron chi connectivity index (χ4n) is 2.98. The highest BCUT2D eigenvalue weighted by Gasteiger charge is 2.41. The highest BCUT2D eigenvalue weighted by Crippen LogP contribution is 2.34. The van der Waals surface area contributed by atoms with Crippen molar-refractivity contribution in [3.8, 4) is 5.69 Å². The van der Waals surface area contributed by atoms with E-state index in [0.29, 0.717) is 4.68 Å². The first kappa shape index (κ1) is 21.4. The summed E-state index contributed by atoms with van der Waals surface area (Å²) < 4.78 is 55.5. The minimum absolute atomic E-state index is 0.104. The summed E-state index contributed by atoms with van der Waals surface area (Å²) in [5.74, 6) is -1.81. The average molecular weight is 420 g/mol. The van der Waals surface area contributed by atoms with E-state index < -0.39 is 29.2 Å². The molecule has 0 aliphatic carbocycles. The number of carbonyl (C=O) groups is 1. The molecule has 3 rings (SSSR count). The van der Waals surface area contributed by atoms with E-state index >= 15 is 0 Å². The summed E-state index contributed by atoms with van der Waals surface area (Å²) in [4.78, 5) is 14.4.